The Kier molecular flexibility index (Phi) is 8.16. The summed E-state index contributed by atoms with van der Waals surface area (Å²) in [5, 5.41) is 8.74. The molecule has 0 heterocycles. The van der Waals surface area contributed by atoms with E-state index in [0.717, 1.165) is 30.6 Å². The topological polar surface area (TPSA) is 66.8 Å². The number of aryl methyl sites for hydroxylation is 1. The molecule has 0 saturated heterocycles. The van der Waals surface area contributed by atoms with Gasteiger partial charge in [0.2, 0.25) is 0 Å². The van der Waals surface area contributed by atoms with Gasteiger partial charge in [0.15, 0.2) is 0 Å². The Balaban J connectivity index is 2.84. The molecule has 23 heavy (non-hydrogen) atoms. The fourth-order valence-corrected chi connectivity index (χ4v) is 2.37. The summed E-state index contributed by atoms with van der Waals surface area (Å²) in [6.45, 7) is 6.93. The molecule has 0 aliphatic heterocycles. The molecule has 0 aliphatic carbocycles. The first-order chi connectivity index (χ1) is 11.0. The summed E-state index contributed by atoms with van der Waals surface area (Å²) in [5.74, 6) is -1.02. The maximum atomic E-state index is 12.0. The zero-order valence-electron chi connectivity index (χ0n) is 14.2. The molecule has 1 atom stereocenters. The number of nitrogens with zero attached hydrogens (tertiary/aromatic N) is 1. The summed E-state index contributed by atoms with van der Waals surface area (Å²) in [6.07, 6.45) is 2.67. The first-order valence-electron chi connectivity index (χ1n) is 8.23. The van der Waals surface area contributed by atoms with Crippen molar-refractivity contribution in [2.75, 3.05) is 18.1 Å². The molecule has 0 unspecified atom stereocenters. The summed E-state index contributed by atoms with van der Waals surface area (Å²) < 4.78 is 5.13. The minimum atomic E-state index is -0.797. The Hall–Kier alpha value is -2.04. The number of esters is 1. The van der Waals surface area contributed by atoms with Gasteiger partial charge in [0, 0.05) is 18.7 Å². The lowest BCUT2D eigenvalue weighted by molar-refractivity contribution is -0.144. The van der Waals surface area contributed by atoms with Gasteiger partial charge in [0.1, 0.15) is 6.04 Å². The average molecular weight is 321 g/mol. The number of unbranched alkanes of at least 4 members (excludes halogenated alkanes) is 1. The van der Waals surface area contributed by atoms with E-state index in [1.807, 2.05) is 36.1 Å². The van der Waals surface area contributed by atoms with Crippen LogP contribution < -0.4 is 4.90 Å². The van der Waals surface area contributed by atoms with Gasteiger partial charge in [0.25, 0.3) is 0 Å². The molecule has 0 spiro atoms. The van der Waals surface area contributed by atoms with E-state index in [9.17, 15) is 9.59 Å². The quantitative estimate of drug-likeness (QED) is 0.670. The monoisotopic (exact) mass is 321 g/mol. The standard InChI is InChI=1S/C18H27NO4/c1-4-6-13-19(14(3)18(22)23-5-2)16-10-7-15(8-11-16)9-12-17(20)21/h7-8,10-11,14H,4-6,9,12-13H2,1-3H3,(H,20,21)/t14-/m0/s1. The summed E-state index contributed by atoms with van der Waals surface area (Å²) in [5.41, 5.74) is 1.94. The molecule has 0 aliphatic rings. The Labute approximate surface area is 138 Å². The van der Waals surface area contributed by atoms with Gasteiger partial charge in [-0.15, -0.1) is 0 Å². The lowest BCUT2D eigenvalue weighted by Gasteiger charge is -2.30. The molecule has 1 rings (SSSR count). The third kappa shape index (κ3) is 6.30. The molecule has 0 saturated carbocycles. The Morgan fingerprint density at radius 3 is 2.39 bits per heavy atom. The van der Waals surface area contributed by atoms with Gasteiger partial charge in [-0.3, -0.25) is 4.79 Å². The molecule has 0 radical (unpaired) electrons. The highest BCUT2D eigenvalue weighted by molar-refractivity contribution is 5.79. The molecule has 128 valence electrons. The number of carbonyl (C=O) groups excluding carboxylic acids is 1. The summed E-state index contributed by atoms with van der Waals surface area (Å²) in [4.78, 5) is 24.7. The first kappa shape index (κ1) is 19.0. The Bertz CT molecular complexity index is 498. The van der Waals surface area contributed by atoms with Crippen molar-refractivity contribution in [3.63, 3.8) is 0 Å². The van der Waals surface area contributed by atoms with Crippen LogP contribution in [0.3, 0.4) is 0 Å². The van der Waals surface area contributed by atoms with Crippen LogP contribution in [0.2, 0.25) is 0 Å². The predicted octanol–water partition coefficient (Wildman–Crippen LogP) is 3.26. The summed E-state index contributed by atoms with van der Waals surface area (Å²) in [7, 11) is 0. The second-order valence-electron chi connectivity index (χ2n) is 5.54. The third-order valence-corrected chi connectivity index (χ3v) is 3.74. The summed E-state index contributed by atoms with van der Waals surface area (Å²) >= 11 is 0. The van der Waals surface area contributed by atoms with Crippen molar-refractivity contribution in [3.05, 3.63) is 29.8 Å². The van der Waals surface area contributed by atoms with E-state index in [-0.39, 0.29) is 18.4 Å². The predicted molar refractivity (Wildman–Crippen MR) is 90.7 cm³/mol. The zero-order valence-corrected chi connectivity index (χ0v) is 14.2. The lowest BCUT2D eigenvalue weighted by atomic mass is 10.1. The number of rotatable bonds is 10. The molecule has 1 N–H and O–H groups in total. The number of hydrogen-bond donors (Lipinski definition) is 1. The number of aliphatic carboxylic acids is 1. The molecule has 0 bridgehead atoms. The highest BCUT2D eigenvalue weighted by atomic mass is 16.5. The number of anilines is 1. The molecule has 0 fully saturated rings. The van der Waals surface area contributed by atoms with Crippen LogP contribution in [-0.4, -0.2) is 36.2 Å². The van der Waals surface area contributed by atoms with Crippen LogP contribution in [0.1, 0.15) is 45.6 Å². The molecule has 1 aromatic rings. The fraction of sp³-hybridized carbons (Fsp3) is 0.556. The third-order valence-electron chi connectivity index (χ3n) is 3.74. The van der Waals surface area contributed by atoms with E-state index >= 15 is 0 Å². The number of hydrogen-bond acceptors (Lipinski definition) is 4. The van der Waals surface area contributed by atoms with E-state index in [1.165, 1.54) is 0 Å². The van der Waals surface area contributed by atoms with Gasteiger partial charge in [-0.2, -0.15) is 0 Å². The van der Waals surface area contributed by atoms with Crippen LogP contribution in [0.15, 0.2) is 24.3 Å². The van der Waals surface area contributed by atoms with Crippen molar-refractivity contribution < 1.29 is 19.4 Å². The lowest BCUT2D eigenvalue weighted by Crippen LogP contribution is -2.40. The van der Waals surface area contributed by atoms with Gasteiger partial charge in [0.05, 0.1) is 6.61 Å². The SMILES string of the molecule is CCCCN(c1ccc(CCC(=O)O)cc1)[C@@H](C)C(=O)OCC. The van der Waals surface area contributed by atoms with Crippen molar-refractivity contribution in [2.24, 2.45) is 0 Å². The van der Waals surface area contributed by atoms with E-state index in [0.29, 0.717) is 13.0 Å². The number of carboxylic acids is 1. The fourth-order valence-electron chi connectivity index (χ4n) is 2.37. The van der Waals surface area contributed by atoms with Crippen LogP contribution in [0, 0.1) is 0 Å². The van der Waals surface area contributed by atoms with Gasteiger partial charge < -0.3 is 14.7 Å². The number of carbonyl (C=O) groups is 2. The number of benzene rings is 1. The van der Waals surface area contributed by atoms with Crippen LogP contribution in [-0.2, 0) is 20.7 Å². The molecular weight excluding hydrogens is 294 g/mol. The largest absolute Gasteiger partial charge is 0.481 e. The van der Waals surface area contributed by atoms with Crippen molar-refractivity contribution in [1.82, 2.24) is 0 Å². The van der Waals surface area contributed by atoms with Crippen molar-refractivity contribution in [1.29, 1.82) is 0 Å². The van der Waals surface area contributed by atoms with Crippen molar-refractivity contribution in [3.8, 4) is 0 Å². The smallest absolute Gasteiger partial charge is 0.328 e. The second kappa shape index (κ2) is 9.87. The minimum Gasteiger partial charge on any atom is -0.481 e. The first-order valence-corrected chi connectivity index (χ1v) is 8.23. The Morgan fingerprint density at radius 2 is 1.87 bits per heavy atom. The highest BCUT2D eigenvalue weighted by Gasteiger charge is 2.22. The van der Waals surface area contributed by atoms with Crippen LogP contribution >= 0.6 is 0 Å². The van der Waals surface area contributed by atoms with Crippen LogP contribution in [0.25, 0.3) is 0 Å². The molecular formula is C18H27NO4. The second-order valence-corrected chi connectivity index (χ2v) is 5.54. The number of ether oxygens (including phenoxy) is 1. The van der Waals surface area contributed by atoms with E-state index in [2.05, 4.69) is 6.92 Å². The van der Waals surface area contributed by atoms with E-state index < -0.39 is 5.97 Å². The molecule has 0 aromatic heterocycles. The molecule has 5 nitrogen and oxygen atoms in total. The number of carboxylic acid groups (broad SMARTS) is 1. The van der Waals surface area contributed by atoms with E-state index in [1.54, 1.807) is 6.92 Å². The van der Waals surface area contributed by atoms with Gasteiger partial charge in [-0.25, -0.2) is 4.79 Å². The van der Waals surface area contributed by atoms with E-state index in [4.69, 9.17) is 9.84 Å². The normalized spacial score (nSPS) is 11.8. The molecule has 1 aromatic carbocycles. The minimum absolute atomic E-state index is 0.123. The summed E-state index contributed by atoms with van der Waals surface area (Å²) in [6, 6.07) is 7.40. The highest BCUT2D eigenvalue weighted by Crippen LogP contribution is 2.20. The van der Waals surface area contributed by atoms with Gasteiger partial charge in [-0.1, -0.05) is 25.5 Å². The van der Waals surface area contributed by atoms with Crippen LogP contribution in [0.5, 0.6) is 0 Å². The van der Waals surface area contributed by atoms with Gasteiger partial charge >= 0.3 is 11.9 Å². The van der Waals surface area contributed by atoms with Gasteiger partial charge in [-0.05, 0) is 44.4 Å². The van der Waals surface area contributed by atoms with Crippen molar-refractivity contribution >= 4 is 17.6 Å². The maximum absolute atomic E-state index is 12.0. The average Bonchev–Trinajstić information content (AvgIpc) is 2.54. The molecule has 0 amide bonds. The zero-order chi connectivity index (χ0) is 17.2. The van der Waals surface area contributed by atoms with Crippen LogP contribution in [0.4, 0.5) is 5.69 Å². The maximum Gasteiger partial charge on any atom is 0.328 e. The molecule has 5 heteroatoms. The Morgan fingerprint density at radius 1 is 1.22 bits per heavy atom. The van der Waals surface area contributed by atoms with Crippen molar-refractivity contribution in [2.45, 2.75) is 52.5 Å².